The van der Waals surface area contributed by atoms with Crippen LogP contribution in [0.5, 0.6) is 11.5 Å². The van der Waals surface area contributed by atoms with Gasteiger partial charge in [0.25, 0.3) is 0 Å². The highest BCUT2D eigenvalue weighted by molar-refractivity contribution is 5.78. The van der Waals surface area contributed by atoms with Crippen molar-refractivity contribution >= 4 is 23.0 Å². The Balaban J connectivity index is 1.72. The molecule has 2 aromatic rings. The number of nitrogens with one attached hydrogen (secondary N) is 1. The average Bonchev–Trinajstić information content (AvgIpc) is 3.10. The van der Waals surface area contributed by atoms with E-state index in [1.165, 1.54) is 12.1 Å². The van der Waals surface area contributed by atoms with Gasteiger partial charge in [-0.05, 0) is 48.1 Å². The van der Waals surface area contributed by atoms with Gasteiger partial charge in [-0.1, -0.05) is 26.8 Å². The predicted molar refractivity (Wildman–Crippen MR) is 124 cm³/mol. The second-order valence-corrected chi connectivity index (χ2v) is 9.01. The molecule has 4 rings (SSSR count). The lowest BCUT2D eigenvalue weighted by Crippen LogP contribution is -2.48. The minimum Gasteiger partial charge on any atom is -0.481 e. The molecule has 1 unspecified atom stereocenters. The minimum atomic E-state index is -3.69. The number of carbonyl (C=O) groups is 1. The van der Waals surface area contributed by atoms with Crippen LogP contribution in [0.15, 0.2) is 36.4 Å². The van der Waals surface area contributed by atoms with Crippen LogP contribution in [-0.2, 0) is 9.53 Å². The molecule has 0 radical (unpaired) electrons. The first-order chi connectivity index (χ1) is 16.2. The topological polar surface area (TPSA) is 80.3 Å². The molecule has 2 heterocycles. The van der Waals surface area contributed by atoms with E-state index >= 15 is 0 Å². The van der Waals surface area contributed by atoms with Crippen molar-refractivity contribution < 1.29 is 32.9 Å². The van der Waals surface area contributed by atoms with Crippen LogP contribution >= 0.6 is 0 Å². The summed E-state index contributed by atoms with van der Waals surface area (Å²) in [4.78, 5) is 13.7. The van der Waals surface area contributed by atoms with Crippen LogP contribution < -0.4 is 19.7 Å². The molecule has 0 amide bonds. The standard InChI is InChI=1S/C25H30F2N2O5/c1-4-16(12-24(30)31)17-5-7-20(29-9-10-32-14-21(29)15(2)3)19(11-17)28-18-6-8-22-23(13-18)34-25(26,27)33-22/h5-8,11,13,15-16,21,28H,4,9-10,12,14H2,1-3H3,(H,30,31)/t16?,21-/m0/s1. The summed E-state index contributed by atoms with van der Waals surface area (Å²) < 4.78 is 41.8. The molecule has 184 valence electrons. The number of carboxylic acid groups (broad SMARTS) is 1. The van der Waals surface area contributed by atoms with E-state index in [0.717, 1.165) is 16.9 Å². The van der Waals surface area contributed by atoms with Crippen molar-refractivity contribution in [1.82, 2.24) is 0 Å². The predicted octanol–water partition coefficient (Wildman–Crippen LogP) is 5.58. The zero-order chi connectivity index (χ0) is 24.5. The summed E-state index contributed by atoms with van der Waals surface area (Å²) in [5.41, 5.74) is 3.16. The molecule has 34 heavy (non-hydrogen) atoms. The number of benzene rings is 2. The van der Waals surface area contributed by atoms with Crippen molar-refractivity contribution in [2.75, 3.05) is 30.0 Å². The van der Waals surface area contributed by atoms with Gasteiger partial charge < -0.3 is 29.5 Å². The maximum Gasteiger partial charge on any atom is 0.586 e. The molecule has 7 nitrogen and oxygen atoms in total. The summed E-state index contributed by atoms with van der Waals surface area (Å²) in [6.07, 6.45) is -2.98. The Labute approximate surface area is 197 Å². The van der Waals surface area contributed by atoms with Gasteiger partial charge in [-0.25, -0.2) is 0 Å². The molecule has 2 aliphatic heterocycles. The summed E-state index contributed by atoms with van der Waals surface area (Å²) in [6.45, 7) is 8.16. The maximum absolute atomic E-state index is 13.5. The number of nitrogens with zero attached hydrogens (tertiary/aromatic N) is 1. The fourth-order valence-corrected chi connectivity index (χ4v) is 4.52. The smallest absolute Gasteiger partial charge is 0.481 e. The Morgan fingerprint density at radius 3 is 2.68 bits per heavy atom. The number of aliphatic carboxylic acids is 1. The molecule has 0 bridgehead atoms. The van der Waals surface area contributed by atoms with Crippen molar-refractivity contribution in [3.63, 3.8) is 0 Å². The lowest BCUT2D eigenvalue weighted by atomic mass is 9.92. The Bertz CT molecular complexity index is 1050. The number of fused-ring (bicyclic) bond motifs is 1. The van der Waals surface area contributed by atoms with Crippen LogP contribution in [0.4, 0.5) is 25.8 Å². The molecule has 2 aliphatic rings. The van der Waals surface area contributed by atoms with Crippen molar-refractivity contribution in [3.8, 4) is 11.5 Å². The maximum atomic E-state index is 13.5. The quantitative estimate of drug-likeness (QED) is 0.515. The van der Waals surface area contributed by atoms with E-state index in [1.54, 1.807) is 6.07 Å². The highest BCUT2D eigenvalue weighted by atomic mass is 19.3. The Hall–Kier alpha value is -3.07. The van der Waals surface area contributed by atoms with Crippen LogP contribution in [0, 0.1) is 5.92 Å². The lowest BCUT2D eigenvalue weighted by molar-refractivity contribution is -0.286. The van der Waals surface area contributed by atoms with E-state index in [4.69, 9.17) is 4.74 Å². The van der Waals surface area contributed by atoms with Gasteiger partial charge in [0.1, 0.15) is 0 Å². The Kier molecular flexibility index (Phi) is 6.84. The lowest BCUT2D eigenvalue weighted by Gasteiger charge is -2.40. The first-order valence-electron chi connectivity index (χ1n) is 11.5. The fourth-order valence-electron chi connectivity index (χ4n) is 4.52. The van der Waals surface area contributed by atoms with E-state index in [9.17, 15) is 18.7 Å². The SMILES string of the molecule is CCC(CC(=O)O)c1ccc(N2CCOC[C@H]2C(C)C)c(Nc2ccc3c(c2)OC(F)(F)O3)c1. The number of morpholine rings is 1. The Morgan fingerprint density at radius 2 is 1.97 bits per heavy atom. The van der Waals surface area contributed by atoms with Gasteiger partial charge in [-0.3, -0.25) is 4.79 Å². The van der Waals surface area contributed by atoms with E-state index in [2.05, 4.69) is 33.5 Å². The largest absolute Gasteiger partial charge is 0.586 e. The molecule has 2 aromatic carbocycles. The number of rotatable bonds is 8. The molecule has 1 saturated heterocycles. The molecule has 0 saturated carbocycles. The number of hydrogen-bond donors (Lipinski definition) is 2. The van der Waals surface area contributed by atoms with E-state index in [-0.39, 0.29) is 29.9 Å². The molecule has 0 spiro atoms. The van der Waals surface area contributed by atoms with Gasteiger partial charge in [0.2, 0.25) is 0 Å². The van der Waals surface area contributed by atoms with E-state index < -0.39 is 12.3 Å². The molecule has 2 atom stereocenters. The molecular weight excluding hydrogens is 446 g/mol. The second kappa shape index (κ2) is 9.66. The monoisotopic (exact) mass is 476 g/mol. The zero-order valence-corrected chi connectivity index (χ0v) is 19.5. The number of halogens is 2. The first kappa shape index (κ1) is 24.1. The van der Waals surface area contributed by atoms with Crippen LogP contribution in [0.25, 0.3) is 0 Å². The van der Waals surface area contributed by atoms with Crippen molar-refractivity contribution in [3.05, 3.63) is 42.0 Å². The van der Waals surface area contributed by atoms with Crippen molar-refractivity contribution in [2.24, 2.45) is 5.92 Å². The van der Waals surface area contributed by atoms with Crippen LogP contribution in [0.2, 0.25) is 0 Å². The summed E-state index contributed by atoms with van der Waals surface area (Å²) in [5, 5.41) is 12.7. The minimum absolute atomic E-state index is 0.0231. The van der Waals surface area contributed by atoms with Crippen LogP contribution in [0.3, 0.4) is 0 Å². The molecule has 0 aromatic heterocycles. The van der Waals surface area contributed by atoms with Gasteiger partial charge in [0, 0.05) is 18.3 Å². The number of carboxylic acids is 1. The third-order valence-corrected chi connectivity index (χ3v) is 6.33. The first-order valence-corrected chi connectivity index (χ1v) is 11.5. The fraction of sp³-hybridized carbons (Fsp3) is 0.480. The van der Waals surface area contributed by atoms with Gasteiger partial charge in [-0.2, -0.15) is 0 Å². The molecule has 1 fully saturated rings. The number of alkyl halides is 2. The molecule has 0 aliphatic carbocycles. The van der Waals surface area contributed by atoms with E-state index in [1.807, 2.05) is 25.1 Å². The third kappa shape index (κ3) is 5.19. The number of anilines is 3. The summed E-state index contributed by atoms with van der Waals surface area (Å²) in [6, 6.07) is 10.7. The summed E-state index contributed by atoms with van der Waals surface area (Å²) in [7, 11) is 0. The normalized spacial score (nSPS) is 19.8. The Morgan fingerprint density at radius 1 is 1.21 bits per heavy atom. The molecule has 9 heteroatoms. The van der Waals surface area contributed by atoms with Gasteiger partial charge >= 0.3 is 12.3 Å². The number of hydrogen-bond acceptors (Lipinski definition) is 6. The average molecular weight is 477 g/mol. The van der Waals surface area contributed by atoms with Gasteiger partial charge in [0.05, 0.1) is 37.1 Å². The van der Waals surface area contributed by atoms with Crippen molar-refractivity contribution in [2.45, 2.75) is 51.9 Å². The summed E-state index contributed by atoms with van der Waals surface area (Å²) >= 11 is 0. The van der Waals surface area contributed by atoms with Gasteiger partial charge in [-0.15, -0.1) is 8.78 Å². The van der Waals surface area contributed by atoms with Crippen LogP contribution in [0.1, 0.15) is 45.1 Å². The van der Waals surface area contributed by atoms with Crippen molar-refractivity contribution in [1.29, 1.82) is 0 Å². The molecular formula is C25H30F2N2O5. The highest BCUT2D eigenvalue weighted by Gasteiger charge is 2.43. The second-order valence-electron chi connectivity index (χ2n) is 9.01. The summed E-state index contributed by atoms with van der Waals surface area (Å²) in [5.74, 6) is -0.721. The number of ether oxygens (including phenoxy) is 3. The molecule has 2 N–H and O–H groups in total. The van der Waals surface area contributed by atoms with Crippen LogP contribution in [-0.4, -0.2) is 43.2 Å². The highest BCUT2D eigenvalue weighted by Crippen LogP contribution is 2.43. The van der Waals surface area contributed by atoms with Gasteiger partial charge in [0.15, 0.2) is 11.5 Å². The van der Waals surface area contributed by atoms with E-state index in [0.29, 0.717) is 37.8 Å². The third-order valence-electron chi connectivity index (χ3n) is 6.33. The zero-order valence-electron chi connectivity index (χ0n) is 19.5.